The van der Waals surface area contributed by atoms with Gasteiger partial charge < -0.3 is 20.1 Å². The van der Waals surface area contributed by atoms with Gasteiger partial charge in [0.1, 0.15) is 34.7 Å². The van der Waals surface area contributed by atoms with Gasteiger partial charge in [0.25, 0.3) is 0 Å². The molecule has 1 aliphatic rings. The third kappa shape index (κ3) is 4.44. The summed E-state index contributed by atoms with van der Waals surface area (Å²) in [5.41, 5.74) is 3.27. The molecule has 1 aromatic carbocycles. The van der Waals surface area contributed by atoms with E-state index in [-0.39, 0.29) is 11.9 Å². The second kappa shape index (κ2) is 7.79. The third-order valence-corrected chi connectivity index (χ3v) is 6.09. The SMILES string of the molecule is [B]C([B])([B])Oc1nc(NC2CCC(C)(O)CC2)nc2[nH]cc(-c3ccc4nnn(C)c4c3)c12. The molecule has 4 aromatic rings. The Kier molecular flexibility index (Phi) is 5.15. The minimum absolute atomic E-state index is 0.128. The number of benzene rings is 1. The van der Waals surface area contributed by atoms with Gasteiger partial charge in [0.15, 0.2) is 0 Å². The van der Waals surface area contributed by atoms with Gasteiger partial charge >= 0.3 is 0 Å². The predicted octanol–water partition coefficient (Wildman–Crippen LogP) is 1.51. The number of hydrogen-bond acceptors (Lipinski definition) is 7. The van der Waals surface area contributed by atoms with Crippen molar-refractivity contribution >= 4 is 51.6 Å². The standard InChI is InChI=1S/C21H22B3N7O2/c1-20(32)7-5-12(6-8-20)26-19-27-17-16(18(28-19)33-21(22,23)24)13(10-25-17)11-3-4-14-15(9-11)31(2)30-29-14/h3-4,9-10,12,32H,5-8H2,1-2H3,(H2,25,26,27,28). The molecule has 3 N–H and O–H groups in total. The van der Waals surface area contributed by atoms with E-state index in [1.807, 2.05) is 38.4 Å². The summed E-state index contributed by atoms with van der Waals surface area (Å²) < 4.78 is 7.35. The molecule has 1 fully saturated rings. The maximum Gasteiger partial charge on any atom is 0.228 e. The Bertz CT molecular complexity index is 1320. The van der Waals surface area contributed by atoms with Gasteiger partial charge in [0, 0.05) is 24.8 Å². The maximum absolute atomic E-state index is 10.2. The number of nitrogens with one attached hydrogen (secondary N) is 2. The lowest BCUT2D eigenvalue weighted by Crippen LogP contribution is -2.38. The van der Waals surface area contributed by atoms with Gasteiger partial charge in [-0.15, -0.1) is 5.10 Å². The number of rotatable bonds is 5. The molecule has 0 saturated heterocycles. The molecule has 1 aliphatic carbocycles. The van der Waals surface area contributed by atoms with Crippen LogP contribution in [0.15, 0.2) is 24.4 Å². The van der Waals surface area contributed by atoms with E-state index >= 15 is 0 Å². The highest BCUT2D eigenvalue weighted by Gasteiger charge is 2.29. The molecule has 3 aromatic heterocycles. The van der Waals surface area contributed by atoms with E-state index in [4.69, 9.17) is 28.3 Å². The fourth-order valence-electron chi connectivity index (χ4n) is 4.30. The Balaban J connectivity index is 1.55. The molecule has 0 spiro atoms. The van der Waals surface area contributed by atoms with Crippen molar-refractivity contribution in [2.75, 3.05) is 5.32 Å². The quantitative estimate of drug-likeness (QED) is 0.406. The molecule has 33 heavy (non-hydrogen) atoms. The van der Waals surface area contributed by atoms with Crippen molar-refractivity contribution in [3.05, 3.63) is 24.4 Å². The molecular formula is C21H22B3N7O2. The molecule has 0 amide bonds. The highest BCUT2D eigenvalue weighted by atomic mass is 16.5. The molecule has 0 bridgehead atoms. The Hall–Kier alpha value is -3.01. The fraction of sp³-hybridized carbons (Fsp3) is 0.429. The maximum atomic E-state index is 10.2. The molecule has 9 nitrogen and oxygen atoms in total. The molecule has 3 heterocycles. The van der Waals surface area contributed by atoms with Crippen LogP contribution in [0.4, 0.5) is 5.95 Å². The summed E-state index contributed by atoms with van der Waals surface area (Å²) in [6, 6.07) is 5.93. The van der Waals surface area contributed by atoms with E-state index in [1.54, 1.807) is 4.68 Å². The molecule has 0 aliphatic heterocycles. The normalized spacial score (nSPS) is 21.5. The van der Waals surface area contributed by atoms with E-state index in [0.29, 0.717) is 29.8 Å². The van der Waals surface area contributed by atoms with Crippen LogP contribution in [0.3, 0.4) is 0 Å². The van der Waals surface area contributed by atoms with Crippen molar-refractivity contribution in [3.63, 3.8) is 0 Å². The highest BCUT2D eigenvalue weighted by Crippen LogP contribution is 2.37. The minimum Gasteiger partial charge on any atom is -0.500 e. The van der Waals surface area contributed by atoms with Crippen LogP contribution in [0.5, 0.6) is 5.88 Å². The lowest BCUT2D eigenvalue weighted by Gasteiger charge is -2.33. The van der Waals surface area contributed by atoms with Crippen LogP contribution in [0.25, 0.3) is 33.2 Å². The lowest BCUT2D eigenvalue weighted by atomic mass is 9.52. The summed E-state index contributed by atoms with van der Waals surface area (Å²) in [6.45, 7) is 1.86. The predicted molar refractivity (Wildman–Crippen MR) is 129 cm³/mol. The zero-order chi connectivity index (χ0) is 23.4. The van der Waals surface area contributed by atoms with Crippen LogP contribution >= 0.6 is 0 Å². The number of nitrogens with zero attached hydrogens (tertiary/aromatic N) is 5. The largest absolute Gasteiger partial charge is 0.500 e. The average molecular weight is 437 g/mol. The molecule has 0 unspecified atom stereocenters. The first-order chi connectivity index (χ1) is 15.6. The smallest absolute Gasteiger partial charge is 0.228 e. The third-order valence-electron chi connectivity index (χ3n) is 6.09. The molecule has 12 heteroatoms. The van der Waals surface area contributed by atoms with Crippen molar-refractivity contribution < 1.29 is 9.84 Å². The Labute approximate surface area is 194 Å². The zero-order valence-corrected chi connectivity index (χ0v) is 18.5. The number of aliphatic hydroxyl groups is 1. The highest BCUT2D eigenvalue weighted by molar-refractivity contribution is 6.58. The van der Waals surface area contributed by atoms with Gasteiger partial charge in [-0.3, -0.25) is 0 Å². The molecule has 5 rings (SSSR count). The van der Waals surface area contributed by atoms with Crippen LogP contribution in [0, 0.1) is 0 Å². The van der Waals surface area contributed by atoms with Gasteiger partial charge in [0.2, 0.25) is 11.8 Å². The molecule has 162 valence electrons. The van der Waals surface area contributed by atoms with Crippen molar-refractivity contribution in [1.82, 2.24) is 29.9 Å². The van der Waals surface area contributed by atoms with Crippen LogP contribution in [0.2, 0.25) is 0 Å². The Morgan fingerprint density at radius 3 is 2.73 bits per heavy atom. The molecular weight excluding hydrogens is 415 g/mol. The van der Waals surface area contributed by atoms with Gasteiger partial charge in [-0.2, -0.15) is 9.97 Å². The number of fused-ring (bicyclic) bond motifs is 2. The number of aromatic amines is 1. The number of H-pyrrole nitrogens is 1. The Morgan fingerprint density at radius 2 is 2.00 bits per heavy atom. The van der Waals surface area contributed by atoms with E-state index in [1.165, 1.54) is 0 Å². The van der Waals surface area contributed by atoms with Crippen molar-refractivity contribution in [2.24, 2.45) is 7.05 Å². The van der Waals surface area contributed by atoms with Crippen LogP contribution in [-0.4, -0.2) is 75.5 Å². The van der Waals surface area contributed by atoms with E-state index in [0.717, 1.165) is 35.0 Å². The summed E-state index contributed by atoms with van der Waals surface area (Å²) >= 11 is 0. The number of ether oxygens (including phenoxy) is 1. The molecule has 6 radical (unpaired) electrons. The minimum atomic E-state index is -1.92. The Morgan fingerprint density at radius 1 is 1.24 bits per heavy atom. The van der Waals surface area contributed by atoms with Crippen molar-refractivity contribution in [2.45, 2.75) is 49.5 Å². The fourth-order valence-corrected chi connectivity index (χ4v) is 4.30. The average Bonchev–Trinajstić information content (AvgIpc) is 3.32. The number of hydrogen-bond donors (Lipinski definition) is 3. The van der Waals surface area contributed by atoms with Gasteiger partial charge in [-0.05, 0) is 55.6 Å². The summed E-state index contributed by atoms with van der Waals surface area (Å²) in [5, 5.41) is 20.4. The van der Waals surface area contributed by atoms with Crippen molar-refractivity contribution in [1.29, 1.82) is 0 Å². The van der Waals surface area contributed by atoms with E-state index in [9.17, 15) is 5.11 Å². The first-order valence-corrected chi connectivity index (χ1v) is 10.8. The topological polar surface area (TPSA) is 114 Å². The molecule has 1 saturated carbocycles. The van der Waals surface area contributed by atoms with Crippen molar-refractivity contribution in [3.8, 4) is 17.0 Å². The second-order valence-corrected chi connectivity index (χ2v) is 9.07. The lowest BCUT2D eigenvalue weighted by molar-refractivity contribution is 0.0195. The molecule has 0 atom stereocenters. The summed E-state index contributed by atoms with van der Waals surface area (Å²) in [5.74, 6) is 0.533. The summed E-state index contributed by atoms with van der Waals surface area (Å²) in [6.07, 6.45) is 4.82. The number of aryl methyl sites for hydroxylation is 1. The van der Waals surface area contributed by atoms with E-state index in [2.05, 4.69) is 30.6 Å². The second-order valence-electron chi connectivity index (χ2n) is 9.07. The van der Waals surface area contributed by atoms with Gasteiger partial charge in [-0.25, -0.2) is 4.68 Å². The first-order valence-electron chi connectivity index (χ1n) is 10.8. The van der Waals surface area contributed by atoms with Crippen LogP contribution in [-0.2, 0) is 7.05 Å². The summed E-state index contributed by atoms with van der Waals surface area (Å²) in [7, 11) is 19.1. The summed E-state index contributed by atoms with van der Waals surface area (Å²) in [4.78, 5) is 12.4. The zero-order valence-electron chi connectivity index (χ0n) is 18.5. The number of aromatic nitrogens is 6. The van der Waals surface area contributed by atoms with E-state index < -0.39 is 10.9 Å². The monoisotopic (exact) mass is 437 g/mol. The van der Waals surface area contributed by atoms with Gasteiger partial charge in [0.05, 0.1) is 16.5 Å². The van der Waals surface area contributed by atoms with Crippen LogP contribution in [0.1, 0.15) is 32.6 Å². The number of anilines is 1. The first kappa shape index (κ1) is 21.8. The van der Waals surface area contributed by atoms with Gasteiger partial charge in [-0.1, -0.05) is 11.3 Å². The van der Waals surface area contributed by atoms with Crippen LogP contribution < -0.4 is 10.1 Å².